The van der Waals surface area contributed by atoms with Crippen LogP contribution in [0.3, 0.4) is 0 Å². The molecule has 1 fully saturated rings. The van der Waals surface area contributed by atoms with Crippen molar-refractivity contribution in [1.29, 1.82) is 0 Å². The van der Waals surface area contributed by atoms with Crippen molar-refractivity contribution in [2.24, 2.45) is 0 Å². The van der Waals surface area contributed by atoms with Crippen LogP contribution in [0.4, 0.5) is 0 Å². The topological polar surface area (TPSA) is 37.4 Å². The highest BCUT2D eigenvalue weighted by Crippen LogP contribution is 2.22. The summed E-state index contributed by atoms with van der Waals surface area (Å²) in [7, 11) is 0. The summed E-state index contributed by atoms with van der Waals surface area (Å²) in [6, 6.07) is 0. The van der Waals surface area contributed by atoms with Gasteiger partial charge < -0.3 is 4.90 Å². The van der Waals surface area contributed by atoms with E-state index in [2.05, 4.69) is 0 Å². The summed E-state index contributed by atoms with van der Waals surface area (Å²) < 4.78 is 0. The molecule has 0 atom stereocenters. The Bertz CT molecular complexity index is 199. The van der Waals surface area contributed by atoms with Gasteiger partial charge in [0, 0.05) is 31.7 Å². The van der Waals surface area contributed by atoms with Crippen molar-refractivity contribution in [3.05, 3.63) is 0 Å². The molecule has 68 valence electrons. The van der Waals surface area contributed by atoms with Gasteiger partial charge in [0.25, 0.3) is 0 Å². The molecule has 1 amide bonds. The van der Waals surface area contributed by atoms with Crippen molar-refractivity contribution in [1.82, 2.24) is 4.90 Å². The van der Waals surface area contributed by atoms with Gasteiger partial charge in [0.15, 0.2) is 5.12 Å². The number of hydrogen-bond donors (Lipinski definition) is 0. The van der Waals surface area contributed by atoms with E-state index in [1.165, 1.54) is 11.8 Å². The summed E-state index contributed by atoms with van der Waals surface area (Å²) in [5, 5.41) is 0.488. The van der Waals surface area contributed by atoms with Gasteiger partial charge in [-0.2, -0.15) is 0 Å². The van der Waals surface area contributed by atoms with Gasteiger partial charge >= 0.3 is 0 Å². The molecule has 0 unspecified atom stereocenters. The maximum Gasteiger partial charge on any atom is 0.222 e. The minimum Gasteiger partial charge on any atom is -0.340 e. The molecule has 1 aliphatic heterocycles. The second-order valence-corrected chi connectivity index (χ2v) is 4.36. The maximum absolute atomic E-state index is 11.1. The smallest absolute Gasteiger partial charge is 0.222 e. The van der Waals surface area contributed by atoms with Crippen molar-refractivity contribution in [2.75, 3.05) is 13.1 Å². The molecule has 0 radical (unpaired) electrons. The largest absolute Gasteiger partial charge is 0.340 e. The van der Waals surface area contributed by atoms with Gasteiger partial charge in [-0.15, -0.1) is 0 Å². The number of carbonyl (C=O) groups is 2. The predicted octanol–water partition coefficient (Wildman–Crippen LogP) is 0.887. The average Bonchev–Trinajstić information content (AvgIpc) is 1.94. The standard InChI is InChI=1S/C8H13NO2S/c1-3-8(11)9-4-7(5-9)12-6(2)10/h7H,3-5H2,1-2H3. The van der Waals surface area contributed by atoms with E-state index in [1.54, 1.807) is 11.8 Å². The Balaban J connectivity index is 2.20. The lowest BCUT2D eigenvalue weighted by atomic mass is 10.2. The van der Waals surface area contributed by atoms with E-state index in [0.717, 1.165) is 13.1 Å². The van der Waals surface area contributed by atoms with Crippen LogP contribution in [0, 0.1) is 0 Å². The van der Waals surface area contributed by atoms with Crippen molar-refractivity contribution >= 4 is 22.8 Å². The number of amides is 1. The number of likely N-dealkylation sites (tertiary alicyclic amines) is 1. The maximum atomic E-state index is 11.1. The first kappa shape index (κ1) is 9.58. The molecule has 0 saturated carbocycles. The third-order valence-electron chi connectivity index (χ3n) is 1.84. The zero-order chi connectivity index (χ0) is 9.14. The minimum absolute atomic E-state index is 0.142. The van der Waals surface area contributed by atoms with Crippen LogP contribution in [0.15, 0.2) is 0 Å². The van der Waals surface area contributed by atoms with Gasteiger partial charge in [-0.3, -0.25) is 9.59 Å². The van der Waals surface area contributed by atoms with E-state index < -0.39 is 0 Å². The molecule has 4 heteroatoms. The quantitative estimate of drug-likeness (QED) is 0.644. The minimum atomic E-state index is 0.142. The lowest BCUT2D eigenvalue weighted by Crippen LogP contribution is -2.52. The van der Waals surface area contributed by atoms with Crippen LogP contribution in [0.25, 0.3) is 0 Å². The summed E-state index contributed by atoms with van der Waals surface area (Å²) >= 11 is 1.34. The van der Waals surface area contributed by atoms with Crippen LogP contribution in [0.5, 0.6) is 0 Å². The third kappa shape index (κ3) is 2.24. The van der Waals surface area contributed by atoms with Crippen molar-refractivity contribution < 1.29 is 9.59 Å². The zero-order valence-corrected chi connectivity index (χ0v) is 8.19. The summed E-state index contributed by atoms with van der Waals surface area (Å²) in [6.07, 6.45) is 0.567. The summed E-state index contributed by atoms with van der Waals surface area (Å²) in [6.45, 7) is 4.91. The number of nitrogens with zero attached hydrogens (tertiary/aromatic N) is 1. The van der Waals surface area contributed by atoms with Crippen LogP contribution >= 0.6 is 11.8 Å². The van der Waals surface area contributed by atoms with Crippen LogP contribution in [-0.4, -0.2) is 34.3 Å². The van der Waals surface area contributed by atoms with Crippen LogP contribution in [-0.2, 0) is 9.59 Å². The Labute approximate surface area is 76.5 Å². The molecule has 0 aromatic heterocycles. The molecule has 0 bridgehead atoms. The van der Waals surface area contributed by atoms with Crippen molar-refractivity contribution in [2.45, 2.75) is 25.5 Å². The molecule has 0 spiro atoms. The van der Waals surface area contributed by atoms with Crippen LogP contribution in [0.2, 0.25) is 0 Å². The second-order valence-electron chi connectivity index (χ2n) is 2.88. The molecule has 0 aromatic rings. The van der Waals surface area contributed by atoms with Gasteiger partial charge in [-0.1, -0.05) is 18.7 Å². The monoisotopic (exact) mass is 187 g/mol. The number of carbonyl (C=O) groups excluding carboxylic acids is 2. The first-order valence-corrected chi connectivity index (χ1v) is 4.96. The summed E-state index contributed by atoms with van der Waals surface area (Å²) in [4.78, 5) is 23.5. The van der Waals surface area contributed by atoms with E-state index in [0.29, 0.717) is 11.7 Å². The Morgan fingerprint density at radius 3 is 2.50 bits per heavy atom. The first-order chi connectivity index (χ1) is 5.63. The number of thioether (sulfide) groups is 1. The molecular formula is C8H13NO2S. The molecule has 1 aliphatic rings. The average molecular weight is 187 g/mol. The molecular weight excluding hydrogens is 174 g/mol. The summed E-state index contributed by atoms with van der Waals surface area (Å²) in [5.41, 5.74) is 0. The van der Waals surface area contributed by atoms with Crippen molar-refractivity contribution in [3.63, 3.8) is 0 Å². The third-order valence-corrected chi connectivity index (χ3v) is 2.80. The van der Waals surface area contributed by atoms with E-state index >= 15 is 0 Å². The van der Waals surface area contributed by atoms with Gasteiger partial charge in [0.05, 0.1) is 0 Å². The molecule has 0 N–H and O–H groups in total. The zero-order valence-electron chi connectivity index (χ0n) is 7.37. The molecule has 0 aromatic carbocycles. The van der Waals surface area contributed by atoms with Crippen molar-refractivity contribution in [3.8, 4) is 0 Å². The molecule has 1 heterocycles. The van der Waals surface area contributed by atoms with Gasteiger partial charge in [0.2, 0.25) is 5.91 Å². The van der Waals surface area contributed by atoms with Gasteiger partial charge in [-0.25, -0.2) is 0 Å². The van der Waals surface area contributed by atoms with E-state index in [4.69, 9.17) is 0 Å². The van der Waals surface area contributed by atoms with Crippen LogP contribution < -0.4 is 0 Å². The molecule has 1 rings (SSSR count). The predicted molar refractivity (Wildman–Crippen MR) is 48.9 cm³/mol. The Kier molecular flexibility index (Phi) is 3.14. The second kappa shape index (κ2) is 3.94. The summed E-state index contributed by atoms with van der Waals surface area (Å²) in [5.74, 6) is 0.190. The first-order valence-electron chi connectivity index (χ1n) is 4.08. The molecule has 12 heavy (non-hydrogen) atoms. The van der Waals surface area contributed by atoms with E-state index in [9.17, 15) is 9.59 Å². The Hall–Kier alpha value is -0.510. The van der Waals surface area contributed by atoms with Gasteiger partial charge in [0.1, 0.15) is 0 Å². The molecule has 1 saturated heterocycles. The fourth-order valence-electron chi connectivity index (χ4n) is 1.17. The fraction of sp³-hybridized carbons (Fsp3) is 0.750. The van der Waals surface area contributed by atoms with E-state index in [-0.39, 0.29) is 11.0 Å². The highest BCUT2D eigenvalue weighted by atomic mass is 32.2. The lowest BCUT2D eigenvalue weighted by Gasteiger charge is -2.38. The highest BCUT2D eigenvalue weighted by molar-refractivity contribution is 8.14. The fourth-order valence-corrected chi connectivity index (χ4v) is 2.15. The Morgan fingerprint density at radius 1 is 1.50 bits per heavy atom. The van der Waals surface area contributed by atoms with E-state index in [1.807, 2.05) is 6.92 Å². The highest BCUT2D eigenvalue weighted by Gasteiger charge is 2.30. The Morgan fingerprint density at radius 2 is 2.08 bits per heavy atom. The molecule has 0 aliphatic carbocycles. The lowest BCUT2D eigenvalue weighted by molar-refractivity contribution is -0.134. The normalized spacial score (nSPS) is 17.3. The number of hydrogen-bond acceptors (Lipinski definition) is 3. The van der Waals surface area contributed by atoms with Gasteiger partial charge in [-0.05, 0) is 0 Å². The van der Waals surface area contributed by atoms with Crippen LogP contribution in [0.1, 0.15) is 20.3 Å². The molecule has 3 nitrogen and oxygen atoms in total. The number of rotatable bonds is 2. The SMILES string of the molecule is CCC(=O)N1CC(SC(C)=O)C1.